The van der Waals surface area contributed by atoms with Crippen LogP contribution in [0.25, 0.3) is 21.5 Å². The van der Waals surface area contributed by atoms with Crippen LogP contribution in [0.5, 0.6) is 0 Å². The van der Waals surface area contributed by atoms with Gasteiger partial charge in [-0.05, 0) is 43.0 Å². The smallest absolute Gasteiger partial charge is 0.269 e. The number of thiophene rings is 1. The molecular weight excluding hydrogens is 412 g/mol. The maximum absolute atomic E-state index is 12.8. The van der Waals surface area contributed by atoms with Crippen molar-refractivity contribution in [3.63, 3.8) is 0 Å². The van der Waals surface area contributed by atoms with Gasteiger partial charge in [0.15, 0.2) is 5.13 Å². The Labute approximate surface area is 174 Å². The van der Waals surface area contributed by atoms with E-state index < -0.39 is 0 Å². The van der Waals surface area contributed by atoms with Gasteiger partial charge in [0.2, 0.25) is 0 Å². The third kappa shape index (κ3) is 3.05. The van der Waals surface area contributed by atoms with Gasteiger partial charge in [0, 0.05) is 27.0 Å². The number of benzene rings is 1. The van der Waals surface area contributed by atoms with Crippen LogP contribution in [0.3, 0.4) is 0 Å². The van der Waals surface area contributed by atoms with E-state index in [1.54, 1.807) is 0 Å². The van der Waals surface area contributed by atoms with Crippen molar-refractivity contribution in [1.29, 1.82) is 0 Å². The summed E-state index contributed by atoms with van der Waals surface area (Å²) in [5, 5.41) is 6.84. The number of fused-ring (bicyclic) bond motifs is 2. The topological polar surface area (TPSA) is 80.9 Å². The zero-order chi connectivity index (χ0) is 19.3. The molecule has 0 unspecified atom stereocenters. The number of nitrogens with zero attached hydrogens (tertiary/aromatic N) is 2. The van der Waals surface area contributed by atoms with E-state index in [1.807, 2.05) is 29.6 Å². The molecule has 0 radical (unpaired) electrons. The summed E-state index contributed by atoms with van der Waals surface area (Å²) in [5.41, 5.74) is 10.9. The fraction of sp³-hybridized carbons (Fsp3) is 0.150. The number of aromatic nitrogens is 2. The van der Waals surface area contributed by atoms with E-state index >= 15 is 0 Å². The summed E-state index contributed by atoms with van der Waals surface area (Å²) in [6.45, 7) is 0. The molecule has 5 rings (SSSR count). The maximum Gasteiger partial charge on any atom is 0.269 e. The molecule has 28 heavy (non-hydrogen) atoms. The fourth-order valence-electron chi connectivity index (χ4n) is 3.40. The molecule has 0 fully saturated rings. The normalized spacial score (nSPS) is 13.0. The number of thiazole rings is 1. The highest BCUT2D eigenvalue weighted by atomic mass is 35.5. The molecule has 0 aliphatic heterocycles. The van der Waals surface area contributed by atoms with Gasteiger partial charge in [-0.2, -0.15) is 0 Å². The molecule has 0 bridgehead atoms. The van der Waals surface area contributed by atoms with Gasteiger partial charge in [0.05, 0.1) is 11.4 Å². The molecule has 1 aromatic carbocycles. The average Bonchev–Trinajstić information content (AvgIpc) is 3.40. The molecule has 5 nitrogen and oxygen atoms in total. The Bertz CT molecular complexity index is 1210. The summed E-state index contributed by atoms with van der Waals surface area (Å²) < 4.78 is 0. The standard InChI is InChI=1S/C20H15ClN4OS2/c21-12-6-4-10(5-7-12)15-9-27-20(24-15)25-18(26)17-16(22)13-8-11-2-1-3-14(11)23-19(13)28-17/h4-9H,1-3,22H2,(H,24,25,26). The average molecular weight is 427 g/mol. The molecule has 0 saturated carbocycles. The third-order valence-electron chi connectivity index (χ3n) is 4.82. The predicted molar refractivity (Wildman–Crippen MR) is 117 cm³/mol. The van der Waals surface area contributed by atoms with Crippen LogP contribution in [0.2, 0.25) is 5.02 Å². The van der Waals surface area contributed by atoms with Crippen LogP contribution in [0.4, 0.5) is 10.8 Å². The Morgan fingerprint density at radius 2 is 2.00 bits per heavy atom. The Morgan fingerprint density at radius 3 is 2.82 bits per heavy atom. The number of pyridine rings is 1. The molecule has 3 heterocycles. The first-order valence-electron chi connectivity index (χ1n) is 8.82. The highest BCUT2D eigenvalue weighted by Crippen LogP contribution is 2.36. The van der Waals surface area contributed by atoms with Gasteiger partial charge in [-0.15, -0.1) is 22.7 Å². The van der Waals surface area contributed by atoms with Gasteiger partial charge < -0.3 is 5.73 Å². The number of nitrogens with two attached hydrogens (primary N) is 1. The number of nitrogen functional groups attached to an aromatic ring is 1. The quantitative estimate of drug-likeness (QED) is 0.459. The number of nitrogens with one attached hydrogen (secondary N) is 1. The zero-order valence-corrected chi connectivity index (χ0v) is 17.0. The Hall–Kier alpha value is -2.48. The summed E-state index contributed by atoms with van der Waals surface area (Å²) in [6.07, 6.45) is 3.16. The lowest BCUT2D eigenvalue weighted by Gasteiger charge is -2.01. The van der Waals surface area contributed by atoms with Crippen molar-refractivity contribution in [2.45, 2.75) is 19.3 Å². The number of hydrogen-bond donors (Lipinski definition) is 2. The SMILES string of the molecule is Nc1c(C(=O)Nc2nc(-c3ccc(Cl)cc3)cs2)sc2nc3c(cc12)CCC3. The number of carbonyl (C=O) groups excluding carboxylic acids is 1. The van der Waals surface area contributed by atoms with Crippen molar-refractivity contribution in [2.75, 3.05) is 11.1 Å². The van der Waals surface area contributed by atoms with E-state index in [4.69, 9.17) is 22.3 Å². The largest absolute Gasteiger partial charge is 0.397 e. The van der Waals surface area contributed by atoms with Gasteiger partial charge in [-0.25, -0.2) is 9.97 Å². The van der Waals surface area contributed by atoms with Crippen molar-refractivity contribution in [3.05, 3.63) is 56.9 Å². The van der Waals surface area contributed by atoms with Gasteiger partial charge in [0.1, 0.15) is 9.71 Å². The van der Waals surface area contributed by atoms with Crippen LogP contribution >= 0.6 is 34.3 Å². The number of halogens is 1. The van der Waals surface area contributed by atoms with Crippen LogP contribution < -0.4 is 11.1 Å². The van der Waals surface area contributed by atoms with Crippen LogP contribution in [-0.2, 0) is 12.8 Å². The molecule has 1 amide bonds. The van der Waals surface area contributed by atoms with Crippen molar-refractivity contribution < 1.29 is 4.79 Å². The van der Waals surface area contributed by atoms with Crippen molar-refractivity contribution >= 4 is 61.2 Å². The van der Waals surface area contributed by atoms with E-state index in [-0.39, 0.29) is 5.91 Å². The molecular formula is C20H15ClN4OS2. The van der Waals surface area contributed by atoms with Crippen LogP contribution in [0.15, 0.2) is 35.7 Å². The summed E-state index contributed by atoms with van der Waals surface area (Å²) in [6, 6.07) is 9.53. The molecule has 3 N–H and O–H groups in total. The van der Waals surface area contributed by atoms with Crippen LogP contribution in [-0.4, -0.2) is 15.9 Å². The first kappa shape index (κ1) is 17.6. The van der Waals surface area contributed by atoms with Crippen molar-refractivity contribution in [1.82, 2.24) is 9.97 Å². The Kier molecular flexibility index (Phi) is 4.30. The van der Waals surface area contributed by atoms with Crippen molar-refractivity contribution in [2.24, 2.45) is 0 Å². The molecule has 0 spiro atoms. The minimum Gasteiger partial charge on any atom is -0.397 e. The maximum atomic E-state index is 12.8. The summed E-state index contributed by atoms with van der Waals surface area (Å²) >= 11 is 8.64. The third-order valence-corrected chi connectivity index (χ3v) is 6.94. The minimum atomic E-state index is -0.252. The van der Waals surface area contributed by atoms with E-state index in [9.17, 15) is 4.79 Å². The second kappa shape index (κ2) is 6.84. The van der Waals surface area contributed by atoms with E-state index in [0.717, 1.165) is 46.4 Å². The zero-order valence-electron chi connectivity index (χ0n) is 14.7. The molecule has 140 valence electrons. The number of carbonyl (C=O) groups is 1. The van der Waals surface area contributed by atoms with Gasteiger partial charge in [0.25, 0.3) is 5.91 Å². The molecule has 0 saturated heterocycles. The van der Waals surface area contributed by atoms with E-state index in [2.05, 4.69) is 16.4 Å². The molecule has 8 heteroatoms. The number of rotatable bonds is 3. The summed E-state index contributed by atoms with van der Waals surface area (Å²) in [4.78, 5) is 23.3. The molecule has 0 atom stereocenters. The number of aryl methyl sites for hydroxylation is 2. The second-order valence-corrected chi connectivity index (χ2v) is 8.94. The van der Waals surface area contributed by atoms with Crippen LogP contribution in [0.1, 0.15) is 27.3 Å². The van der Waals surface area contributed by atoms with Crippen molar-refractivity contribution in [3.8, 4) is 11.3 Å². The summed E-state index contributed by atoms with van der Waals surface area (Å²) in [7, 11) is 0. The Balaban J connectivity index is 1.41. The Morgan fingerprint density at radius 1 is 1.18 bits per heavy atom. The monoisotopic (exact) mass is 426 g/mol. The van der Waals surface area contributed by atoms with Crippen LogP contribution in [0, 0.1) is 0 Å². The lowest BCUT2D eigenvalue weighted by Crippen LogP contribution is -2.11. The van der Waals surface area contributed by atoms with Gasteiger partial charge in [-0.1, -0.05) is 23.7 Å². The lowest BCUT2D eigenvalue weighted by atomic mass is 10.1. The van der Waals surface area contributed by atoms with Gasteiger partial charge in [-0.3, -0.25) is 10.1 Å². The molecule has 4 aromatic rings. The predicted octanol–water partition coefficient (Wildman–Crippen LogP) is 5.40. The van der Waals surface area contributed by atoms with E-state index in [0.29, 0.717) is 20.7 Å². The minimum absolute atomic E-state index is 0.252. The molecule has 1 aliphatic carbocycles. The first-order valence-corrected chi connectivity index (χ1v) is 10.9. The number of anilines is 2. The number of hydrogen-bond acceptors (Lipinski definition) is 6. The summed E-state index contributed by atoms with van der Waals surface area (Å²) in [5.74, 6) is -0.252. The molecule has 1 aliphatic rings. The lowest BCUT2D eigenvalue weighted by molar-refractivity contribution is 0.103. The highest BCUT2D eigenvalue weighted by Gasteiger charge is 2.21. The first-order chi connectivity index (χ1) is 13.6. The van der Waals surface area contributed by atoms with Gasteiger partial charge >= 0.3 is 0 Å². The molecule has 3 aromatic heterocycles. The highest BCUT2D eigenvalue weighted by molar-refractivity contribution is 7.21. The second-order valence-electron chi connectivity index (χ2n) is 6.64. The number of amides is 1. The fourth-order valence-corrected chi connectivity index (χ4v) is 5.24. The van der Waals surface area contributed by atoms with E-state index in [1.165, 1.54) is 28.2 Å².